The number of ether oxygens (including phenoxy) is 1. The van der Waals surface area contributed by atoms with Crippen molar-refractivity contribution in [1.29, 1.82) is 0 Å². The highest BCUT2D eigenvalue weighted by Gasteiger charge is 2.18. The first-order valence-electron chi connectivity index (χ1n) is 9.40. The van der Waals surface area contributed by atoms with E-state index in [-0.39, 0.29) is 0 Å². The lowest BCUT2D eigenvalue weighted by Crippen LogP contribution is -2.26. The quantitative estimate of drug-likeness (QED) is 0.642. The second-order valence-electron chi connectivity index (χ2n) is 7.25. The van der Waals surface area contributed by atoms with Crippen LogP contribution in [0.3, 0.4) is 0 Å². The number of benzene rings is 1. The zero-order chi connectivity index (χ0) is 19.2. The van der Waals surface area contributed by atoms with Crippen molar-refractivity contribution in [3.63, 3.8) is 0 Å². The van der Waals surface area contributed by atoms with Crippen molar-refractivity contribution in [2.24, 2.45) is 13.0 Å². The Balaban J connectivity index is 1.59. The Labute approximate surface area is 161 Å². The van der Waals surface area contributed by atoms with Gasteiger partial charge < -0.3 is 10.1 Å². The van der Waals surface area contributed by atoms with Crippen molar-refractivity contribution < 1.29 is 4.74 Å². The lowest BCUT2D eigenvalue weighted by Gasteiger charge is -2.22. The van der Waals surface area contributed by atoms with Crippen LogP contribution in [0.15, 0.2) is 55.0 Å². The van der Waals surface area contributed by atoms with Gasteiger partial charge in [-0.05, 0) is 48.2 Å². The van der Waals surface area contributed by atoms with Crippen LogP contribution in [0.4, 0.5) is 0 Å². The number of nitrogens with zero attached hydrogens (tertiary/aromatic N) is 3. The standard InChI is InChI=1S/C22H28N4O/c1-16(2)20(21-9-11-25-26(21)4)15-24-13-18-7-8-22(17(3)12-18)27-19-6-5-10-23-14-19/h5-12,14,16,20,24H,13,15H2,1-4H3. The first-order valence-corrected chi connectivity index (χ1v) is 9.40. The van der Waals surface area contributed by atoms with E-state index >= 15 is 0 Å². The Morgan fingerprint density at radius 1 is 1.15 bits per heavy atom. The van der Waals surface area contributed by atoms with Crippen molar-refractivity contribution in [3.8, 4) is 11.5 Å². The number of nitrogens with one attached hydrogen (secondary N) is 1. The summed E-state index contributed by atoms with van der Waals surface area (Å²) in [5.74, 6) is 2.60. The van der Waals surface area contributed by atoms with Gasteiger partial charge in [-0.1, -0.05) is 26.0 Å². The van der Waals surface area contributed by atoms with E-state index in [2.05, 4.69) is 54.4 Å². The van der Waals surface area contributed by atoms with Gasteiger partial charge in [-0.3, -0.25) is 9.67 Å². The monoisotopic (exact) mass is 364 g/mol. The number of aryl methyl sites for hydroxylation is 2. The van der Waals surface area contributed by atoms with Gasteiger partial charge in [-0.2, -0.15) is 5.10 Å². The minimum Gasteiger partial charge on any atom is -0.455 e. The summed E-state index contributed by atoms with van der Waals surface area (Å²) in [6.07, 6.45) is 5.33. The highest BCUT2D eigenvalue weighted by molar-refractivity contribution is 5.39. The molecule has 5 nitrogen and oxygen atoms in total. The largest absolute Gasteiger partial charge is 0.455 e. The van der Waals surface area contributed by atoms with Crippen molar-refractivity contribution in [2.45, 2.75) is 33.2 Å². The number of rotatable bonds is 8. The fourth-order valence-electron chi connectivity index (χ4n) is 3.27. The lowest BCUT2D eigenvalue weighted by molar-refractivity contribution is 0.436. The highest BCUT2D eigenvalue weighted by atomic mass is 16.5. The van der Waals surface area contributed by atoms with Gasteiger partial charge >= 0.3 is 0 Å². The predicted octanol–water partition coefficient (Wildman–Crippen LogP) is 4.45. The van der Waals surface area contributed by atoms with Gasteiger partial charge in [0.05, 0.1) is 6.20 Å². The molecule has 27 heavy (non-hydrogen) atoms. The first kappa shape index (κ1) is 19.1. The minimum atomic E-state index is 0.437. The average Bonchev–Trinajstić information content (AvgIpc) is 3.07. The molecule has 1 unspecified atom stereocenters. The maximum absolute atomic E-state index is 5.91. The van der Waals surface area contributed by atoms with Gasteiger partial charge in [0.1, 0.15) is 11.5 Å². The van der Waals surface area contributed by atoms with Crippen LogP contribution in [0.2, 0.25) is 0 Å². The molecule has 1 aromatic carbocycles. The van der Waals surface area contributed by atoms with Crippen LogP contribution >= 0.6 is 0 Å². The maximum atomic E-state index is 5.91. The fourth-order valence-corrected chi connectivity index (χ4v) is 3.27. The number of hydrogen-bond acceptors (Lipinski definition) is 4. The van der Waals surface area contributed by atoms with E-state index in [0.29, 0.717) is 11.8 Å². The normalized spacial score (nSPS) is 12.3. The summed E-state index contributed by atoms with van der Waals surface area (Å²) in [6.45, 7) is 8.34. The van der Waals surface area contributed by atoms with E-state index in [1.807, 2.05) is 36.1 Å². The third kappa shape index (κ3) is 4.95. The summed E-state index contributed by atoms with van der Waals surface area (Å²) in [5.41, 5.74) is 3.64. The molecule has 1 N–H and O–H groups in total. The molecule has 0 saturated heterocycles. The third-order valence-corrected chi connectivity index (χ3v) is 4.84. The van der Waals surface area contributed by atoms with Crippen LogP contribution in [-0.4, -0.2) is 21.3 Å². The summed E-state index contributed by atoms with van der Waals surface area (Å²) >= 11 is 0. The molecule has 0 amide bonds. The van der Waals surface area contributed by atoms with E-state index in [4.69, 9.17) is 4.74 Å². The smallest absolute Gasteiger partial charge is 0.145 e. The topological polar surface area (TPSA) is 52.0 Å². The Morgan fingerprint density at radius 3 is 2.63 bits per heavy atom. The van der Waals surface area contributed by atoms with Gasteiger partial charge in [0.15, 0.2) is 0 Å². The minimum absolute atomic E-state index is 0.437. The molecule has 5 heteroatoms. The molecule has 2 heterocycles. The molecule has 0 aliphatic heterocycles. The highest BCUT2D eigenvalue weighted by Crippen LogP contribution is 2.26. The van der Waals surface area contributed by atoms with Gasteiger partial charge in [-0.15, -0.1) is 0 Å². The Morgan fingerprint density at radius 2 is 2.00 bits per heavy atom. The van der Waals surface area contributed by atoms with E-state index < -0.39 is 0 Å². The molecular formula is C22H28N4O. The summed E-state index contributed by atoms with van der Waals surface area (Å²) in [6, 6.07) is 12.2. The molecule has 0 radical (unpaired) electrons. The van der Waals surface area contributed by atoms with Crippen molar-refractivity contribution in [2.75, 3.05) is 6.54 Å². The van der Waals surface area contributed by atoms with E-state index in [0.717, 1.165) is 30.2 Å². The molecule has 142 valence electrons. The van der Waals surface area contributed by atoms with Crippen LogP contribution in [0.1, 0.15) is 36.6 Å². The van der Waals surface area contributed by atoms with Crippen LogP contribution in [-0.2, 0) is 13.6 Å². The summed E-state index contributed by atoms with van der Waals surface area (Å²) in [4.78, 5) is 4.09. The Hall–Kier alpha value is -2.66. The zero-order valence-corrected chi connectivity index (χ0v) is 16.5. The SMILES string of the molecule is Cc1cc(CNCC(c2ccnn2C)C(C)C)ccc1Oc1cccnc1. The molecular weight excluding hydrogens is 336 g/mol. The Kier molecular flexibility index (Phi) is 6.24. The molecule has 1 atom stereocenters. The molecule has 0 spiro atoms. The van der Waals surface area contributed by atoms with Crippen LogP contribution in [0.5, 0.6) is 11.5 Å². The molecule has 0 bridgehead atoms. The molecule has 3 aromatic rings. The van der Waals surface area contributed by atoms with Crippen molar-refractivity contribution in [3.05, 3.63) is 71.8 Å². The predicted molar refractivity (Wildman–Crippen MR) is 108 cm³/mol. The zero-order valence-electron chi connectivity index (χ0n) is 16.5. The molecule has 0 fully saturated rings. The number of hydrogen-bond donors (Lipinski definition) is 1. The molecule has 0 saturated carbocycles. The summed E-state index contributed by atoms with van der Waals surface area (Å²) in [7, 11) is 2.01. The van der Waals surface area contributed by atoms with E-state index in [1.54, 1.807) is 12.4 Å². The summed E-state index contributed by atoms with van der Waals surface area (Å²) < 4.78 is 7.88. The fraction of sp³-hybridized carbons (Fsp3) is 0.364. The lowest BCUT2D eigenvalue weighted by atomic mass is 9.92. The molecule has 2 aromatic heterocycles. The van der Waals surface area contributed by atoms with Gasteiger partial charge in [0, 0.05) is 44.1 Å². The second kappa shape index (κ2) is 8.82. The van der Waals surface area contributed by atoms with E-state index in [1.165, 1.54) is 11.3 Å². The van der Waals surface area contributed by atoms with Crippen LogP contribution in [0.25, 0.3) is 0 Å². The van der Waals surface area contributed by atoms with Gasteiger partial charge in [-0.25, -0.2) is 0 Å². The molecule has 0 aliphatic rings. The van der Waals surface area contributed by atoms with Gasteiger partial charge in [0.2, 0.25) is 0 Å². The molecule has 0 aliphatic carbocycles. The number of aromatic nitrogens is 3. The van der Waals surface area contributed by atoms with Crippen LogP contribution in [0, 0.1) is 12.8 Å². The van der Waals surface area contributed by atoms with E-state index in [9.17, 15) is 0 Å². The van der Waals surface area contributed by atoms with Crippen molar-refractivity contribution >= 4 is 0 Å². The Bertz CT molecular complexity index is 858. The molecule has 3 rings (SSSR count). The third-order valence-electron chi connectivity index (χ3n) is 4.84. The van der Waals surface area contributed by atoms with Crippen LogP contribution < -0.4 is 10.1 Å². The average molecular weight is 364 g/mol. The number of pyridine rings is 1. The first-order chi connectivity index (χ1) is 13.0. The second-order valence-corrected chi connectivity index (χ2v) is 7.25. The van der Waals surface area contributed by atoms with Crippen molar-refractivity contribution in [1.82, 2.24) is 20.1 Å². The summed E-state index contributed by atoms with van der Waals surface area (Å²) in [5, 5.41) is 7.92. The maximum Gasteiger partial charge on any atom is 0.145 e. The van der Waals surface area contributed by atoms with Gasteiger partial charge in [0.25, 0.3) is 0 Å².